The Bertz CT molecular complexity index is 1500. The summed E-state index contributed by atoms with van der Waals surface area (Å²) in [7, 11) is -2.02. The number of hydrogen-bond acceptors (Lipinski definition) is 4. The van der Waals surface area contributed by atoms with Gasteiger partial charge in [-0.15, -0.1) is 0 Å². The van der Waals surface area contributed by atoms with Crippen LogP contribution in [0.4, 0.5) is 10.2 Å². The lowest BCUT2D eigenvalue weighted by molar-refractivity contribution is -0.552. The van der Waals surface area contributed by atoms with E-state index < -0.39 is 14.4 Å². The molecule has 0 fully saturated rings. The highest BCUT2D eigenvalue weighted by atomic mass is 28.4. The summed E-state index contributed by atoms with van der Waals surface area (Å²) < 4.78 is 21.7. The summed E-state index contributed by atoms with van der Waals surface area (Å²) in [5.41, 5.74) is 4.40. The van der Waals surface area contributed by atoms with Gasteiger partial charge in [-0.1, -0.05) is 75.4 Å². The van der Waals surface area contributed by atoms with E-state index in [4.69, 9.17) is 9.41 Å². The Hall–Kier alpha value is -3.84. The van der Waals surface area contributed by atoms with Crippen LogP contribution in [0.5, 0.6) is 5.75 Å². The van der Waals surface area contributed by atoms with Gasteiger partial charge in [0.1, 0.15) is 29.2 Å². The molecule has 1 aromatic heterocycles. The number of rotatable bonds is 7. The average Bonchev–Trinajstić information content (AvgIpc) is 3.20. The fourth-order valence-electron chi connectivity index (χ4n) is 4.49. The van der Waals surface area contributed by atoms with Crippen LogP contribution in [-0.2, 0) is 12.8 Å². The standard InChI is InChI=1S/C32H34FN3O2Si/c1-32(2,3)39(4,5)38-26-13-9-12-24(20-26)29-21-36-30(27(34-29)18-22-10-7-6-8-11-22)35-28(31(36)37)19-23-14-16-25(33)17-15-23/h6-17,20-21,28H,18-19H2,1-5H3/p+1. The second-order valence-electron chi connectivity index (χ2n) is 11.7. The minimum absolute atomic E-state index is 0.0547. The van der Waals surface area contributed by atoms with Gasteiger partial charge in [0.25, 0.3) is 0 Å². The molecule has 0 saturated heterocycles. The van der Waals surface area contributed by atoms with Gasteiger partial charge in [0.2, 0.25) is 8.32 Å². The van der Waals surface area contributed by atoms with Crippen LogP contribution in [0.2, 0.25) is 18.1 Å². The zero-order valence-corrected chi connectivity index (χ0v) is 24.2. The van der Waals surface area contributed by atoms with E-state index in [0.29, 0.717) is 24.4 Å². The molecule has 3 aromatic carbocycles. The number of aromatic nitrogens is 2. The average molecular weight is 541 g/mol. The molecule has 7 heteroatoms. The van der Waals surface area contributed by atoms with E-state index in [1.807, 2.05) is 48.7 Å². The van der Waals surface area contributed by atoms with Crippen molar-refractivity contribution < 1.29 is 18.2 Å². The van der Waals surface area contributed by atoms with Crippen molar-refractivity contribution in [3.63, 3.8) is 0 Å². The zero-order chi connectivity index (χ0) is 27.8. The van der Waals surface area contributed by atoms with Crippen molar-refractivity contribution in [3.8, 4) is 17.0 Å². The van der Waals surface area contributed by atoms with Crippen molar-refractivity contribution in [2.45, 2.75) is 57.8 Å². The van der Waals surface area contributed by atoms with Gasteiger partial charge in [-0.05, 0) is 53.5 Å². The summed E-state index contributed by atoms with van der Waals surface area (Å²) >= 11 is 0. The van der Waals surface area contributed by atoms with Crippen LogP contribution in [0.1, 0.15) is 42.4 Å². The number of carbonyl (C=O) groups excluding carboxylic acids is 1. The summed E-state index contributed by atoms with van der Waals surface area (Å²) in [6.07, 6.45) is 2.85. The molecule has 0 bridgehead atoms. The number of anilines is 1. The fraction of sp³-hybridized carbons (Fsp3) is 0.281. The number of hydrogen-bond donors (Lipinski definition) is 1. The Labute approximate surface area is 230 Å². The van der Waals surface area contributed by atoms with Crippen molar-refractivity contribution in [2.75, 3.05) is 5.32 Å². The molecule has 39 heavy (non-hydrogen) atoms. The van der Waals surface area contributed by atoms with Crippen molar-refractivity contribution in [3.05, 3.63) is 108 Å². The molecule has 0 spiro atoms. The number of carbonyl (C=O) groups is 1. The van der Waals surface area contributed by atoms with Crippen LogP contribution in [-0.4, -0.2) is 25.3 Å². The Balaban J connectivity index is 1.52. The fourth-order valence-corrected chi connectivity index (χ4v) is 5.51. The molecular formula is C32H35FN3O2Si+. The van der Waals surface area contributed by atoms with E-state index in [1.54, 1.807) is 16.7 Å². The molecule has 200 valence electrons. The van der Waals surface area contributed by atoms with Crippen LogP contribution >= 0.6 is 0 Å². The SMILES string of the molecule is CC(C)(C)[Si](C)(C)Oc1cccc(-c2c[n+]3c(c(Cc4ccccc4)n2)NC(Cc2ccc(F)cc2)C3=O)c1. The summed E-state index contributed by atoms with van der Waals surface area (Å²) in [6.45, 7) is 11.1. The lowest BCUT2D eigenvalue weighted by atomic mass is 10.1. The third-order valence-electron chi connectivity index (χ3n) is 7.74. The monoisotopic (exact) mass is 540 g/mol. The maximum absolute atomic E-state index is 13.6. The van der Waals surface area contributed by atoms with Gasteiger partial charge in [-0.3, -0.25) is 5.32 Å². The molecule has 0 aliphatic carbocycles. The molecule has 4 aromatic rings. The summed E-state index contributed by atoms with van der Waals surface area (Å²) in [5, 5.41) is 3.49. The number of fused-ring (bicyclic) bond motifs is 1. The van der Waals surface area contributed by atoms with E-state index in [2.05, 4.69) is 51.3 Å². The van der Waals surface area contributed by atoms with Gasteiger partial charge in [0.15, 0.2) is 6.04 Å². The highest BCUT2D eigenvalue weighted by molar-refractivity contribution is 6.74. The molecule has 5 rings (SSSR count). The topological polar surface area (TPSA) is 55.1 Å². The van der Waals surface area contributed by atoms with E-state index in [9.17, 15) is 9.18 Å². The Morgan fingerprint density at radius 1 is 0.974 bits per heavy atom. The molecule has 5 nitrogen and oxygen atoms in total. The highest BCUT2D eigenvalue weighted by Gasteiger charge is 2.41. The first-order valence-corrected chi connectivity index (χ1v) is 16.3. The lowest BCUT2D eigenvalue weighted by Crippen LogP contribution is -2.44. The minimum Gasteiger partial charge on any atom is -0.543 e. The number of nitrogens with zero attached hydrogens (tertiary/aromatic N) is 2. The first-order valence-electron chi connectivity index (χ1n) is 13.3. The predicted molar refractivity (Wildman–Crippen MR) is 155 cm³/mol. The Kier molecular flexibility index (Phi) is 7.12. The van der Waals surface area contributed by atoms with E-state index in [-0.39, 0.29) is 16.8 Å². The summed E-state index contributed by atoms with van der Waals surface area (Å²) in [6, 6.07) is 23.9. The first kappa shape index (κ1) is 26.8. The lowest BCUT2D eigenvalue weighted by Gasteiger charge is -2.36. The molecule has 0 amide bonds. The van der Waals surface area contributed by atoms with Gasteiger partial charge < -0.3 is 4.43 Å². The molecular weight excluding hydrogens is 505 g/mol. The molecule has 1 N–H and O–H groups in total. The van der Waals surface area contributed by atoms with Crippen molar-refractivity contribution in [1.29, 1.82) is 0 Å². The highest BCUT2D eigenvalue weighted by Crippen LogP contribution is 2.38. The van der Waals surface area contributed by atoms with Crippen LogP contribution in [0.15, 0.2) is 85.1 Å². The second-order valence-corrected chi connectivity index (χ2v) is 16.4. The second kappa shape index (κ2) is 10.4. The zero-order valence-electron chi connectivity index (χ0n) is 23.2. The van der Waals surface area contributed by atoms with Crippen LogP contribution < -0.4 is 14.3 Å². The van der Waals surface area contributed by atoms with Gasteiger partial charge in [0.05, 0.1) is 0 Å². The Morgan fingerprint density at radius 2 is 1.69 bits per heavy atom. The minimum atomic E-state index is -2.02. The quantitative estimate of drug-likeness (QED) is 0.206. The summed E-state index contributed by atoms with van der Waals surface area (Å²) in [5.74, 6) is 1.17. The molecule has 1 unspecified atom stereocenters. The van der Waals surface area contributed by atoms with Crippen LogP contribution in [0.25, 0.3) is 11.3 Å². The normalized spacial score (nSPS) is 15.1. The van der Waals surface area contributed by atoms with Gasteiger partial charge >= 0.3 is 11.7 Å². The molecule has 0 saturated carbocycles. The smallest absolute Gasteiger partial charge is 0.359 e. The number of nitrogens with one attached hydrogen (secondary N) is 1. The molecule has 0 radical (unpaired) electrons. The number of benzene rings is 3. The third kappa shape index (κ3) is 5.78. The number of halogens is 1. The Morgan fingerprint density at radius 3 is 2.38 bits per heavy atom. The van der Waals surface area contributed by atoms with Gasteiger partial charge in [-0.25, -0.2) is 14.2 Å². The van der Waals surface area contributed by atoms with Crippen molar-refractivity contribution in [2.24, 2.45) is 0 Å². The predicted octanol–water partition coefficient (Wildman–Crippen LogP) is 6.83. The first-order chi connectivity index (χ1) is 18.5. The van der Waals surface area contributed by atoms with Crippen molar-refractivity contribution >= 4 is 20.0 Å². The summed E-state index contributed by atoms with van der Waals surface area (Å²) in [4.78, 5) is 18.7. The van der Waals surface area contributed by atoms with Gasteiger partial charge in [-0.2, -0.15) is 4.57 Å². The molecule has 1 aliphatic rings. The van der Waals surface area contributed by atoms with E-state index >= 15 is 0 Å². The van der Waals surface area contributed by atoms with E-state index in [1.165, 1.54) is 12.1 Å². The molecule has 2 heterocycles. The van der Waals surface area contributed by atoms with Crippen LogP contribution in [0.3, 0.4) is 0 Å². The van der Waals surface area contributed by atoms with Gasteiger partial charge in [0, 0.05) is 18.4 Å². The van der Waals surface area contributed by atoms with Crippen molar-refractivity contribution in [1.82, 2.24) is 4.98 Å². The van der Waals surface area contributed by atoms with Crippen LogP contribution in [0, 0.1) is 5.82 Å². The largest absolute Gasteiger partial charge is 0.543 e. The molecule has 1 aliphatic heterocycles. The third-order valence-corrected chi connectivity index (χ3v) is 12.1. The maximum Gasteiger partial charge on any atom is 0.359 e. The maximum atomic E-state index is 13.6. The van der Waals surface area contributed by atoms with E-state index in [0.717, 1.165) is 28.1 Å². The molecule has 1 atom stereocenters.